The second-order valence-electron chi connectivity index (χ2n) is 2.15. The van der Waals surface area contributed by atoms with Crippen molar-refractivity contribution in [2.75, 3.05) is 0 Å². The zero-order valence-corrected chi connectivity index (χ0v) is 5.67. The van der Waals surface area contributed by atoms with Crippen LogP contribution in [0.15, 0.2) is 24.3 Å². The Bertz CT molecular complexity index is 220. The highest BCUT2D eigenvalue weighted by Crippen LogP contribution is 2.25. The van der Waals surface area contributed by atoms with Gasteiger partial charge >= 0.3 is 0 Å². The van der Waals surface area contributed by atoms with Gasteiger partial charge in [-0.1, -0.05) is 18.2 Å². The molecule has 0 heterocycles. The summed E-state index contributed by atoms with van der Waals surface area (Å²) in [6.45, 7) is 1.36. The maximum absolute atomic E-state index is 12.5. The van der Waals surface area contributed by atoms with Crippen LogP contribution in [0, 0.1) is 0 Å². The van der Waals surface area contributed by atoms with Crippen LogP contribution in [0.2, 0.25) is 0 Å². The van der Waals surface area contributed by atoms with E-state index in [2.05, 4.69) is 0 Å². The van der Waals surface area contributed by atoms with Crippen LogP contribution in [0.1, 0.15) is 18.7 Å². The summed E-state index contributed by atoms with van der Waals surface area (Å²) in [6, 6.07) is 6.14. The predicted octanol–water partition coefficient (Wildman–Crippen LogP) is 2.86. The molecule has 0 aliphatic rings. The summed E-state index contributed by atoms with van der Waals surface area (Å²) in [4.78, 5) is 0. The molecule has 0 bridgehead atoms. The summed E-state index contributed by atoms with van der Waals surface area (Å²) in [7, 11) is 0. The number of alkyl halides is 1. The summed E-state index contributed by atoms with van der Waals surface area (Å²) < 4.78 is 12.5. The molecule has 0 saturated carbocycles. The Kier molecular flexibility index (Phi) is 1.90. The number of para-hydroxylation sites is 1. The normalized spacial score (nSPS) is 13.0. The maximum atomic E-state index is 12.5. The molecule has 0 aliphatic carbocycles. The molecule has 1 rings (SSSR count). The minimum Gasteiger partial charge on any atom is -0.290 e. The topological polar surface area (TPSA) is 19.9 Å². The highest BCUT2D eigenvalue weighted by molar-refractivity contribution is 5.32. The van der Waals surface area contributed by atoms with Crippen molar-refractivity contribution < 1.29 is 9.50 Å². The third-order valence-electron chi connectivity index (χ3n) is 1.35. The molecule has 0 amide bonds. The van der Waals surface area contributed by atoms with Gasteiger partial charge in [-0.2, -0.15) is 0 Å². The average Bonchev–Trinajstić information content (AvgIpc) is 1.88. The Hall–Kier alpha value is -1.05. The van der Waals surface area contributed by atoms with Crippen molar-refractivity contribution in [2.45, 2.75) is 13.1 Å². The lowest BCUT2D eigenvalue weighted by molar-refractivity contribution is 0.317. The molecule has 0 spiro atoms. The van der Waals surface area contributed by atoms with Gasteiger partial charge < -0.3 is 0 Å². The molecule has 1 unspecified atom stereocenters. The number of hydrogen-bond acceptors (Lipinski definition) is 0. The quantitative estimate of drug-likeness (QED) is 0.570. The lowest BCUT2D eigenvalue weighted by Crippen LogP contribution is -1.83. The van der Waals surface area contributed by atoms with Crippen LogP contribution < -0.4 is 0 Å². The summed E-state index contributed by atoms with van der Waals surface area (Å²) in [6.07, 6.45) is -1.16. The molecule has 1 nitrogen and oxygen atoms in total. The first-order valence-electron chi connectivity index (χ1n) is 3.12. The van der Waals surface area contributed by atoms with Crippen LogP contribution in [0.3, 0.4) is 0 Å². The molecule has 0 N–H and O–H groups in total. The van der Waals surface area contributed by atoms with Crippen molar-refractivity contribution in [3.8, 4) is 5.75 Å². The number of rotatable bonds is 1. The summed E-state index contributed by atoms with van der Waals surface area (Å²) in [5.74, 6) is -0.225. The molecule has 0 fully saturated rings. The molecule has 1 aromatic carbocycles. The van der Waals surface area contributed by atoms with Gasteiger partial charge in [-0.3, -0.25) is 5.11 Å². The minimum absolute atomic E-state index is 0.225. The van der Waals surface area contributed by atoms with Gasteiger partial charge in [-0.05, 0) is 13.0 Å². The Labute approximate surface area is 59.1 Å². The molecule has 2 heteroatoms. The van der Waals surface area contributed by atoms with Gasteiger partial charge in [0.25, 0.3) is 0 Å². The molecule has 0 aliphatic heterocycles. The van der Waals surface area contributed by atoms with Crippen LogP contribution in [-0.2, 0) is 5.11 Å². The van der Waals surface area contributed by atoms with Gasteiger partial charge in [-0.25, -0.2) is 4.39 Å². The lowest BCUT2D eigenvalue weighted by atomic mass is 10.1. The first-order chi connectivity index (χ1) is 4.72. The van der Waals surface area contributed by atoms with E-state index in [9.17, 15) is 9.50 Å². The van der Waals surface area contributed by atoms with Crippen LogP contribution in [0.5, 0.6) is 5.75 Å². The first kappa shape index (κ1) is 7.06. The fourth-order valence-corrected chi connectivity index (χ4v) is 0.809. The smallest absolute Gasteiger partial charge is 0.184 e. The van der Waals surface area contributed by atoms with Crippen LogP contribution >= 0.6 is 0 Å². The highest BCUT2D eigenvalue weighted by atomic mass is 19.1. The third kappa shape index (κ3) is 1.26. The van der Waals surface area contributed by atoms with Crippen molar-refractivity contribution in [3.05, 3.63) is 29.8 Å². The van der Waals surface area contributed by atoms with Crippen molar-refractivity contribution in [1.82, 2.24) is 0 Å². The molecular formula is C8H8FO. The van der Waals surface area contributed by atoms with E-state index < -0.39 is 6.17 Å². The second-order valence-corrected chi connectivity index (χ2v) is 2.15. The van der Waals surface area contributed by atoms with Gasteiger partial charge in [0.1, 0.15) is 6.17 Å². The zero-order valence-electron chi connectivity index (χ0n) is 5.67. The molecule has 53 valence electrons. The largest absolute Gasteiger partial charge is 0.290 e. The van der Waals surface area contributed by atoms with Crippen molar-refractivity contribution in [2.24, 2.45) is 0 Å². The summed E-state index contributed by atoms with van der Waals surface area (Å²) in [5, 5.41) is 10.8. The molecule has 1 radical (unpaired) electrons. The van der Waals surface area contributed by atoms with E-state index in [1.807, 2.05) is 0 Å². The standard InChI is InChI=1S/C8H8FO/c1-6(9)7-4-2-3-5-8(7)10/h2-6H,1H3. The van der Waals surface area contributed by atoms with Crippen molar-refractivity contribution in [1.29, 1.82) is 0 Å². The molecule has 1 atom stereocenters. The van der Waals surface area contributed by atoms with Crippen LogP contribution in [-0.4, -0.2) is 0 Å². The fraction of sp³-hybridized carbons (Fsp3) is 0.250. The van der Waals surface area contributed by atoms with Crippen molar-refractivity contribution in [3.63, 3.8) is 0 Å². The summed E-state index contributed by atoms with van der Waals surface area (Å²) in [5.41, 5.74) is 0.238. The van der Waals surface area contributed by atoms with Crippen molar-refractivity contribution >= 4 is 0 Å². The second kappa shape index (κ2) is 2.69. The van der Waals surface area contributed by atoms with E-state index >= 15 is 0 Å². The van der Waals surface area contributed by atoms with Crippen LogP contribution in [0.25, 0.3) is 0 Å². The number of halogens is 1. The minimum atomic E-state index is -1.16. The Balaban J connectivity index is 3.03. The maximum Gasteiger partial charge on any atom is 0.184 e. The molecule has 10 heavy (non-hydrogen) atoms. The Morgan fingerprint density at radius 2 is 2.00 bits per heavy atom. The highest BCUT2D eigenvalue weighted by Gasteiger charge is 2.07. The van der Waals surface area contributed by atoms with E-state index in [4.69, 9.17) is 0 Å². The average molecular weight is 139 g/mol. The zero-order chi connectivity index (χ0) is 7.56. The van der Waals surface area contributed by atoms with Gasteiger partial charge in [0.15, 0.2) is 5.75 Å². The predicted molar refractivity (Wildman–Crippen MR) is 36.1 cm³/mol. The Morgan fingerprint density at radius 1 is 1.40 bits per heavy atom. The van der Waals surface area contributed by atoms with Gasteiger partial charge in [0, 0.05) is 5.56 Å². The monoisotopic (exact) mass is 139 g/mol. The van der Waals surface area contributed by atoms with Gasteiger partial charge in [0.2, 0.25) is 0 Å². The molecule has 0 aromatic heterocycles. The Morgan fingerprint density at radius 3 is 2.40 bits per heavy atom. The number of hydrogen-bond donors (Lipinski definition) is 0. The van der Waals surface area contributed by atoms with E-state index in [0.29, 0.717) is 0 Å². The lowest BCUT2D eigenvalue weighted by Gasteiger charge is -2.00. The molecular weight excluding hydrogens is 131 g/mol. The first-order valence-corrected chi connectivity index (χ1v) is 3.12. The number of benzene rings is 1. The van der Waals surface area contributed by atoms with Gasteiger partial charge in [-0.15, -0.1) is 0 Å². The van der Waals surface area contributed by atoms with E-state index in [1.165, 1.54) is 19.1 Å². The van der Waals surface area contributed by atoms with E-state index in [-0.39, 0.29) is 11.3 Å². The molecule has 1 aromatic rings. The SMILES string of the molecule is CC(F)c1ccccc1[O]. The van der Waals surface area contributed by atoms with E-state index in [1.54, 1.807) is 12.1 Å². The van der Waals surface area contributed by atoms with Gasteiger partial charge in [0.05, 0.1) is 0 Å². The third-order valence-corrected chi connectivity index (χ3v) is 1.35. The fourth-order valence-electron chi connectivity index (χ4n) is 0.809. The van der Waals surface area contributed by atoms with Crippen LogP contribution in [0.4, 0.5) is 4.39 Å². The van der Waals surface area contributed by atoms with E-state index in [0.717, 1.165) is 0 Å². The summed E-state index contributed by atoms with van der Waals surface area (Å²) >= 11 is 0. The molecule has 0 saturated heterocycles.